The van der Waals surface area contributed by atoms with Crippen molar-refractivity contribution >= 4 is 12.0 Å². The van der Waals surface area contributed by atoms with Gasteiger partial charge >= 0.3 is 0 Å². The summed E-state index contributed by atoms with van der Waals surface area (Å²) in [5.74, 6) is 1.95. The Balaban J connectivity index is 2.62. The minimum atomic E-state index is -0.0740. The van der Waals surface area contributed by atoms with E-state index < -0.39 is 0 Å². The van der Waals surface area contributed by atoms with E-state index in [0.29, 0.717) is 24.0 Å². The number of hydrogen-bond acceptors (Lipinski definition) is 3. The molecular formula is C19H29NO3. The van der Waals surface area contributed by atoms with Crippen molar-refractivity contribution in [2.75, 3.05) is 13.7 Å². The summed E-state index contributed by atoms with van der Waals surface area (Å²) < 4.78 is 10.8. The standard InChI is InChI=1S/C19H29NO3/c1-6-23-18-13-16(9-11-17(18)22-5)10-12-19(21)20-15(4)8-7-14(2)3/h9-15H,6-8H2,1-5H3,(H,20,21)/b12-10+. The number of nitrogens with one attached hydrogen (secondary N) is 1. The summed E-state index contributed by atoms with van der Waals surface area (Å²) >= 11 is 0. The highest BCUT2D eigenvalue weighted by Gasteiger charge is 2.07. The Labute approximate surface area is 139 Å². The molecule has 0 bridgehead atoms. The maximum atomic E-state index is 12.0. The van der Waals surface area contributed by atoms with Crippen LogP contribution in [-0.4, -0.2) is 25.7 Å². The van der Waals surface area contributed by atoms with Gasteiger partial charge in [-0.2, -0.15) is 0 Å². The summed E-state index contributed by atoms with van der Waals surface area (Å²) in [6, 6.07) is 5.79. The van der Waals surface area contributed by atoms with Crippen molar-refractivity contribution in [2.45, 2.75) is 46.6 Å². The predicted molar refractivity (Wildman–Crippen MR) is 94.9 cm³/mol. The molecule has 0 heterocycles. The molecule has 0 aliphatic rings. The van der Waals surface area contributed by atoms with Crippen LogP contribution in [0.5, 0.6) is 11.5 Å². The molecular weight excluding hydrogens is 290 g/mol. The zero-order chi connectivity index (χ0) is 17.2. The van der Waals surface area contributed by atoms with Gasteiger partial charge in [-0.3, -0.25) is 4.79 Å². The van der Waals surface area contributed by atoms with Crippen LogP contribution in [0.1, 0.15) is 46.1 Å². The zero-order valence-electron chi connectivity index (χ0n) is 14.9. The first kappa shape index (κ1) is 19.1. The molecule has 1 N–H and O–H groups in total. The fourth-order valence-corrected chi connectivity index (χ4v) is 2.18. The molecule has 0 aromatic heterocycles. The molecule has 4 nitrogen and oxygen atoms in total. The van der Waals surface area contributed by atoms with E-state index >= 15 is 0 Å². The number of rotatable bonds is 9. The van der Waals surface area contributed by atoms with Crippen LogP contribution < -0.4 is 14.8 Å². The summed E-state index contributed by atoms with van der Waals surface area (Å²) in [6.07, 6.45) is 5.45. The van der Waals surface area contributed by atoms with Gasteiger partial charge in [0.2, 0.25) is 5.91 Å². The summed E-state index contributed by atoms with van der Waals surface area (Å²) in [6.45, 7) is 8.90. The number of methoxy groups -OCH3 is 1. The SMILES string of the molecule is CCOc1cc(/C=C/C(=O)NC(C)CCC(C)C)ccc1OC. The van der Waals surface area contributed by atoms with Crippen molar-refractivity contribution in [1.29, 1.82) is 0 Å². The Hall–Kier alpha value is -1.97. The monoisotopic (exact) mass is 319 g/mol. The Morgan fingerprint density at radius 2 is 1.96 bits per heavy atom. The first-order chi connectivity index (χ1) is 11.0. The predicted octanol–water partition coefficient (Wildman–Crippen LogP) is 4.05. The lowest BCUT2D eigenvalue weighted by Crippen LogP contribution is -2.31. The molecule has 4 heteroatoms. The van der Waals surface area contributed by atoms with Crippen molar-refractivity contribution in [3.8, 4) is 11.5 Å². The van der Waals surface area contributed by atoms with Crippen molar-refractivity contribution in [3.05, 3.63) is 29.8 Å². The third-order valence-electron chi connectivity index (χ3n) is 3.48. The van der Waals surface area contributed by atoms with Crippen molar-refractivity contribution in [3.63, 3.8) is 0 Å². The second-order valence-electron chi connectivity index (χ2n) is 6.06. The summed E-state index contributed by atoms with van der Waals surface area (Å²) in [7, 11) is 1.61. The lowest BCUT2D eigenvalue weighted by Gasteiger charge is -2.13. The minimum Gasteiger partial charge on any atom is -0.493 e. The van der Waals surface area contributed by atoms with Gasteiger partial charge in [-0.05, 0) is 56.4 Å². The van der Waals surface area contributed by atoms with Crippen LogP contribution in [0.4, 0.5) is 0 Å². The average Bonchev–Trinajstić information content (AvgIpc) is 2.51. The molecule has 1 atom stereocenters. The van der Waals surface area contributed by atoms with E-state index in [9.17, 15) is 4.79 Å². The van der Waals surface area contributed by atoms with E-state index in [4.69, 9.17) is 9.47 Å². The normalized spacial score (nSPS) is 12.4. The van der Waals surface area contributed by atoms with E-state index in [-0.39, 0.29) is 11.9 Å². The first-order valence-corrected chi connectivity index (χ1v) is 8.25. The molecule has 1 unspecified atom stereocenters. The lowest BCUT2D eigenvalue weighted by molar-refractivity contribution is -0.117. The highest BCUT2D eigenvalue weighted by molar-refractivity contribution is 5.91. The zero-order valence-corrected chi connectivity index (χ0v) is 14.9. The second kappa shape index (κ2) is 9.93. The molecule has 0 aliphatic heterocycles. The van der Waals surface area contributed by atoms with Crippen molar-refractivity contribution in [1.82, 2.24) is 5.32 Å². The highest BCUT2D eigenvalue weighted by atomic mass is 16.5. The quantitative estimate of drug-likeness (QED) is 0.699. The van der Waals surface area contributed by atoms with Gasteiger partial charge < -0.3 is 14.8 Å². The second-order valence-corrected chi connectivity index (χ2v) is 6.06. The topological polar surface area (TPSA) is 47.6 Å². The van der Waals surface area contributed by atoms with E-state index in [1.165, 1.54) is 0 Å². The number of benzene rings is 1. The number of amides is 1. The molecule has 0 saturated carbocycles. The molecule has 1 aromatic rings. The van der Waals surface area contributed by atoms with Crippen LogP contribution in [0.25, 0.3) is 6.08 Å². The van der Waals surface area contributed by atoms with Crippen LogP contribution in [0.15, 0.2) is 24.3 Å². The first-order valence-electron chi connectivity index (χ1n) is 8.25. The lowest BCUT2D eigenvalue weighted by atomic mass is 10.0. The van der Waals surface area contributed by atoms with E-state index in [1.807, 2.05) is 32.0 Å². The Morgan fingerprint density at radius 1 is 1.22 bits per heavy atom. The maximum absolute atomic E-state index is 12.0. The van der Waals surface area contributed by atoms with E-state index in [2.05, 4.69) is 19.2 Å². The number of hydrogen-bond donors (Lipinski definition) is 1. The smallest absolute Gasteiger partial charge is 0.244 e. The molecule has 0 radical (unpaired) electrons. The van der Waals surface area contributed by atoms with E-state index in [0.717, 1.165) is 18.4 Å². The Bertz CT molecular complexity index is 523. The van der Waals surface area contributed by atoms with Gasteiger partial charge in [0.25, 0.3) is 0 Å². The van der Waals surface area contributed by atoms with Gasteiger partial charge in [-0.25, -0.2) is 0 Å². The third kappa shape index (κ3) is 7.22. The number of ether oxygens (including phenoxy) is 2. The van der Waals surface area contributed by atoms with Crippen LogP contribution in [-0.2, 0) is 4.79 Å². The molecule has 1 amide bonds. The molecule has 0 saturated heterocycles. The van der Waals surface area contributed by atoms with Crippen molar-refractivity contribution < 1.29 is 14.3 Å². The van der Waals surface area contributed by atoms with Gasteiger partial charge in [0.1, 0.15) is 0 Å². The Morgan fingerprint density at radius 3 is 2.57 bits per heavy atom. The fraction of sp³-hybridized carbons (Fsp3) is 0.526. The Kier molecular flexibility index (Phi) is 8.23. The van der Waals surface area contributed by atoms with Gasteiger partial charge in [0, 0.05) is 12.1 Å². The summed E-state index contributed by atoms with van der Waals surface area (Å²) in [5.41, 5.74) is 0.902. The fourth-order valence-electron chi connectivity index (χ4n) is 2.18. The van der Waals surface area contributed by atoms with Crippen LogP contribution in [0, 0.1) is 5.92 Å². The summed E-state index contributed by atoms with van der Waals surface area (Å²) in [4.78, 5) is 12.0. The third-order valence-corrected chi connectivity index (χ3v) is 3.48. The number of carbonyl (C=O) groups is 1. The molecule has 128 valence electrons. The van der Waals surface area contributed by atoms with E-state index in [1.54, 1.807) is 19.3 Å². The molecule has 0 aliphatic carbocycles. The van der Waals surface area contributed by atoms with Crippen molar-refractivity contribution in [2.24, 2.45) is 5.92 Å². The molecule has 1 rings (SSSR count). The number of carbonyl (C=O) groups excluding carboxylic acids is 1. The van der Waals surface area contributed by atoms with Gasteiger partial charge in [0.15, 0.2) is 11.5 Å². The van der Waals surface area contributed by atoms with Crippen LogP contribution >= 0.6 is 0 Å². The van der Waals surface area contributed by atoms with Gasteiger partial charge in [0.05, 0.1) is 13.7 Å². The molecule has 0 spiro atoms. The summed E-state index contributed by atoms with van der Waals surface area (Å²) in [5, 5.41) is 2.99. The van der Waals surface area contributed by atoms with Gasteiger partial charge in [-0.15, -0.1) is 0 Å². The van der Waals surface area contributed by atoms with Gasteiger partial charge in [-0.1, -0.05) is 19.9 Å². The molecule has 0 fully saturated rings. The molecule has 23 heavy (non-hydrogen) atoms. The average molecular weight is 319 g/mol. The minimum absolute atomic E-state index is 0.0740. The largest absolute Gasteiger partial charge is 0.493 e. The maximum Gasteiger partial charge on any atom is 0.244 e. The molecule has 1 aromatic carbocycles. The van der Waals surface area contributed by atoms with Crippen LogP contribution in [0.3, 0.4) is 0 Å². The van der Waals surface area contributed by atoms with Crippen LogP contribution in [0.2, 0.25) is 0 Å². The highest BCUT2D eigenvalue weighted by Crippen LogP contribution is 2.28.